The predicted molar refractivity (Wildman–Crippen MR) is 108 cm³/mol. The van der Waals surface area contributed by atoms with Crippen molar-refractivity contribution in [1.82, 2.24) is 15.2 Å². The van der Waals surface area contributed by atoms with Crippen LogP contribution in [0.4, 0.5) is 13.2 Å². The Hall–Kier alpha value is -2.81. The summed E-state index contributed by atoms with van der Waals surface area (Å²) in [6, 6.07) is 8.20. The number of halogens is 4. The Kier molecular flexibility index (Phi) is 7.37. The molecule has 3 rings (SSSR count). The molecule has 1 N–H and O–H groups in total. The van der Waals surface area contributed by atoms with Crippen LogP contribution in [-0.2, 0) is 6.54 Å². The van der Waals surface area contributed by atoms with Crippen LogP contribution in [0.3, 0.4) is 0 Å². The number of benzene rings is 1. The van der Waals surface area contributed by atoms with Gasteiger partial charge in [-0.15, -0.1) is 0 Å². The molecular formula is C21H21ClF3N3O3. The molecular weight excluding hydrogens is 435 g/mol. The number of alkyl halides is 3. The maximum absolute atomic E-state index is 12.6. The maximum Gasteiger partial charge on any atom is 0.422 e. The number of likely N-dealkylation sites (tertiary alicyclic amines) is 1. The van der Waals surface area contributed by atoms with Gasteiger partial charge < -0.3 is 15.0 Å². The number of rotatable bonds is 6. The average Bonchev–Trinajstić information content (AvgIpc) is 2.76. The van der Waals surface area contributed by atoms with Crippen LogP contribution in [0.2, 0.25) is 5.02 Å². The Morgan fingerprint density at radius 1 is 1.13 bits per heavy atom. The van der Waals surface area contributed by atoms with E-state index in [1.165, 1.54) is 6.07 Å². The topological polar surface area (TPSA) is 71.5 Å². The fourth-order valence-corrected chi connectivity index (χ4v) is 3.41. The molecule has 1 fully saturated rings. The lowest BCUT2D eigenvalue weighted by molar-refractivity contribution is -0.154. The molecule has 0 atom stereocenters. The van der Waals surface area contributed by atoms with Gasteiger partial charge in [0.1, 0.15) is 5.02 Å². The molecule has 0 saturated carbocycles. The predicted octanol–water partition coefficient (Wildman–Crippen LogP) is 4.23. The number of carbonyl (C=O) groups excluding carboxylic acids is 2. The summed E-state index contributed by atoms with van der Waals surface area (Å²) in [6.07, 6.45) is -0.311. The van der Waals surface area contributed by atoms with Gasteiger partial charge in [0, 0.05) is 31.4 Å². The summed E-state index contributed by atoms with van der Waals surface area (Å²) in [4.78, 5) is 30.5. The van der Waals surface area contributed by atoms with E-state index >= 15 is 0 Å². The molecule has 0 bridgehead atoms. The number of aromatic nitrogens is 1. The summed E-state index contributed by atoms with van der Waals surface area (Å²) < 4.78 is 41.2. The molecule has 1 aromatic carbocycles. The number of hydrogen-bond donors (Lipinski definition) is 1. The van der Waals surface area contributed by atoms with Gasteiger partial charge in [-0.1, -0.05) is 23.7 Å². The van der Waals surface area contributed by atoms with Crippen LogP contribution in [0.15, 0.2) is 36.5 Å². The molecule has 0 unspecified atom stereocenters. The van der Waals surface area contributed by atoms with Crippen molar-refractivity contribution in [3.8, 4) is 5.88 Å². The van der Waals surface area contributed by atoms with Crippen molar-refractivity contribution in [3.05, 3.63) is 58.2 Å². The fourth-order valence-electron chi connectivity index (χ4n) is 3.18. The molecule has 0 radical (unpaired) electrons. The van der Waals surface area contributed by atoms with Crippen LogP contribution in [0.25, 0.3) is 0 Å². The lowest BCUT2D eigenvalue weighted by Crippen LogP contribution is -2.35. The van der Waals surface area contributed by atoms with Gasteiger partial charge in [-0.25, -0.2) is 4.98 Å². The van der Waals surface area contributed by atoms with E-state index in [-0.39, 0.29) is 23.0 Å². The number of ether oxygens (including phenoxy) is 1. The van der Waals surface area contributed by atoms with Crippen LogP contribution in [0.1, 0.15) is 45.5 Å². The highest BCUT2D eigenvalue weighted by atomic mass is 35.5. The molecule has 2 heterocycles. The van der Waals surface area contributed by atoms with Crippen LogP contribution < -0.4 is 10.1 Å². The largest absolute Gasteiger partial charge is 0.467 e. The van der Waals surface area contributed by atoms with Gasteiger partial charge in [0.2, 0.25) is 5.88 Å². The SMILES string of the molecule is O=C(NCc1cccc(C(=O)N2CCCCC2)c1)c1cnc(OCC(F)(F)F)c(Cl)c1. The summed E-state index contributed by atoms with van der Waals surface area (Å²) >= 11 is 5.87. The number of nitrogens with zero attached hydrogens (tertiary/aromatic N) is 2. The lowest BCUT2D eigenvalue weighted by atomic mass is 10.1. The monoisotopic (exact) mass is 455 g/mol. The second-order valence-corrected chi connectivity index (χ2v) is 7.56. The van der Waals surface area contributed by atoms with E-state index in [0.29, 0.717) is 5.56 Å². The highest BCUT2D eigenvalue weighted by molar-refractivity contribution is 6.32. The Morgan fingerprint density at radius 3 is 2.55 bits per heavy atom. The third-order valence-electron chi connectivity index (χ3n) is 4.71. The molecule has 0 spiro atoms. The minimum atomic E-state index is -4.52. The quantitative estimate of drug-likeness (QED) is 0.707. The van der Waals surface area contributed by atoms with E-state index in [2.05, 4.69) is 15.0 Å². The van der Waals surface area contributed by atoms with Crippen LogP contribution in [-0.4, -0.2) is 47.6 Å². The molecule has 1 saturated heterocycles. The number of hydrogen-bond acceptors (Lipinski definition) is 4. The fraction of sp³-hybridized carbons (Fsp3) is 0.381. The number of pyridine rings is 1. The third kappa shape index (κ3) is 6.58. The normalized spacial score (nSPS) is 14.3. The number of carbonyl (C=O) groups is 2. The molecule has 31 heavy (non-hydrogen) atoms. The minimum absolute atomic E-state index is 0.0293. The third-order valence-corrected chi connectivity index (χ3v) is 4.98. The maximum atomic E-state index is 12.6. The molecule has 1 aromatic heterocycles. The van der Waals surface area contributed by atoms with Crippen LogP contribution in [0.5, 0.6) is 5.88 Å². The van der Waals surface area contributed by atoms with E-state index in [1.54, 1.807) is 24.3 Å². The molecule has 2 amide bonds. The summed E-state index contributed by atoms with van der Waals surface area (Å²) in [7, 11) is 0. The van der Waals surface area contributed by atoms with E-state index in [1.807, 2.05) is 4.90 Å². The van der Waals surface area contributed by atoms with Crippen molar-refractivity contribution in [2.45, 2.75) is 32.0 Å². The van der Waals surface area contributed by atoms with Crippen LogP contribution in [0, 0.1) is 0 Å². The van der Waals surface area contributed by atoms with Gasteiger partial charge in [0.15, 0.2) is 6.61 Å². The van der Waals surface area contributed by atoms with Gasteiger partial charge >= 0.3 is 6.18 Å². The second-order valence-electron chi connectivity index (χ2n) is 7.15. The van der Waals surface area contributed by atoms with Gasteiger partial charge in [-0.2, -0.15) is 13.2 Å². The van der Waals surface area contributed by atoms with Gasteiger partial charge in [0.05, 0.1) is 5.56 Å². The highest BCUT2D eigenvalue weighted by Gasteiger charge is 2.29. The van der Waals surface area contributed by atoms with Crippen molar-refractivity contribution in [3.63, 3.8) is 0 Å². The molecule has 166 valence electrons. The Morgan fingerprint density at radius 2 is 1.87 bits per heavy atom. The Labute approximate surface area is 182 Å². The summed E-state index contributed by atoms with van der Waals surface area (Å²) in [6.45, 7) is 0.119. The molecule has 6 nitrogen and oxygen atoms in total. The first-order valence-corrected chi connectivity index (χ1v) is 10.1. The first kappa shape index (κ1) is 22.9. The van der Waals surface area contributed by atoms with Crippen molar-refractivity contribution in [2.24, 2.45) is 0 Å². The minimum Gasteiger partial charge on any atom is -0.467 e. The Bertz CT molecular complexity index is 947. The highest BCUT2D eigenvalue weighted by Crippen LogP contribution is 2.25. The van der Waals surface area contributed by atoms with Crippen molar-refractivity contribution >= 4 is 23.4 Å². The van der Waals surface area contributed by atoms with Gasteiger partial charge in [-0.05, 0) is 43.0 Å². The van der Waals surface area contributed by atoms with E-state index in [0.717, 1.165) is 44.1 Å². The van der Waals surface area contributed by atoms with Crippen LogP contribution >= 0.6 is 11.6 Å². The second kappa shape index (κ2) is 10.00. The van der Waals surface area contributed by atoms with E-state index < -0.39 is 24.6 Å². The van der Waals surface area contributed by atoms with Crippen molar-refractivity contribution < 1.29 is 27.5 Å². The molecule has 0 aliphatic carbocycles. The van der Waals surface area contributed by atoms with Gasteiger partial charge in [0.25, 0.3) is 11.8 Å². The summed E-state index contributed by atoms with van der Waals surface area (Å²) in [5.74, 6) is -0.942. The number of amides is 2. The zero-order valence-corrected chi connectivity index (χ0v) is 17.3. The summed E-state index contributed by atoms with van der Waals surface area (Å²) in [5.41, 5.74) is 1.37. The Balaban J connectivity index is 1.59. The number of piperidine rings is 1. The molecule has 1 aliphatic heterocycles. The van der Waals surface area contributed by atoms with Crippen molar-refractivity contribution in [2.75, 3.05) is 19.7 Å². The standard InChI is InChI=1S/C21H21ClF3N3O3/c22-17-10-16(12-27-19(17)31-13-21(23,24)25)18(29)26-11-14-5-4-6-15(9-14)20(30)28-7-2-1-3-8-28/h4-6,9-10,12H,1-3,7-8,11,13H2,(H,26,29). The first-order valence-electron chi connectivity index (χ1n) is 9.74. The zero-order valence-electron chi connectivity index (χ0n) is 16.5. The van der Waals surface area contributed by atoms with Crippen molar-refractivity contribution in [1.29, 1.82) is 0 Å². The number of nitrogens with one attached hydrogen (secondary N) is 1. The van der Waals surface area contributed by atoms with E-state index in [9.17, 15) is 22.8 Å². The molecule has 2 aromatic rings. The summed E-state index contributed by atoms with van der Waals surface area (Å²) in [5, 5.41) is 2.48. The average molecular weight is 456 g/mol. The van der Waals surface area contributed by atoms with Gasteiger partial charge in [-0.3, -0.25) is 9.59 Å². The lowest BCUT2D eigenvalue weighted by Gasteiger charge is -2.26. The molecule has 1 aliphatic rings. The zero-order chi connectivity index (χ0) is 22.4. The smallest absolute Gasteiger partial charge is 0.422 e. The van der Waals surface area contributed by atoms with E-state index in [4.69, 9.17) is 11.6 Å². The first-order chi connectivity index (χ1) is 14.7. The molecule has 10 heteroatoms.